The second kappa shape index (κ2) is 6.23. The van der Waals surface area contributed by atoms with E-state index in [1.54, 1.807) is 0 Å². The van der Waals surface area contributed by atoms with Crippen molar-refractivity contribution in [2.75, 3.05) is 24.5 Å². The number of rotatable bonds is 2. The van der Waals surface area contributed by atoms with Crippen LogP contribution in [0.1, 0.15) is 43.2 Å². The summed E-state index contributed by atoms with van der Waals surface area (Å²) in [5.74, 6) is 0.710. The summed E-state index contributed by atoms with van der Waals surface area (Å²) in [6.07, 6.45) is 6.01. The molecule has 4 rings (SSSR count). The molecule has 0 radical (unpaired) electrons. The Morgan fingerprint density at radius 3 is 2.62 bits per heavy atom. The largest absolute Gasteiger partial charge is 0.342 e. The van der Waals surface area contributed by atoms with Crippen LogP contribution < -0.4 is 4.90 Å². The van der Waals surface area contributed by atoms with Crippen LogP contribution in [0.5, 0.6) is 0 Å². The Labute approximate surface area is 143 Å². The van der Waals surface area contributed by atoms with E-state index in [0.29, 0.717) is 6.54 Å². The van der Waals surface area contributed by atoms with Gasteiger partial charge in [-0.25, -0.2) is 0 Å². The molecule has 1 aliphatic carbocycles. The maximum absolute atomic E-state index is 13.1. The Kier molecular flexibility index (Phi) is 4.07. The van der Waals surface area contributed by atoms with Gasteiger partial charge in [0.1, 0.15) is 0 Å². The quantitative estimate of drug-likeness (QED) is 0.838. The Morgan fingerprint density at radius 1 is 1.00 bits per heavy atom. The van der Waals surface area contributed by atoms with E-state index in [-0.39, 0.29) is 23.7 Å². The fourth-order valence-electron chi connectivity index (χ4n) is 4.14. The summed E-state index contributed by atoms with van der Waals surface area (Å²) in [6.45, 7) is 4.35. The number of hydrogen-bond donors (Lipinski definition) is 0. The van der Waals surface area contributed by atoms with Crippen LogP contribution in [0, 0.1) is 18.8 Å². The van der Waals surface area contributed by atoms with Gasteiger partial charge in [0.05, 0.1) is 5.92 Å². The first-order valence-corrected chi connectivity index (χ1v) is 9.33. The first-order chi connectivity index (χ1) is 11.6. The standard InChI is InChI=1S/C20H26N2O2/c1-14-6-9-18-16(12-14)4-3-11-22(18)20(24)17-5-2-10-21(13-17)19(23)15-7-8-15/h6,9,12,15,17H,2-5,7-8,10-11,13H2,1H3/t17-/m0/s1. The molecule has 24 heavy (non-hydrogen) atoms. The molecule has 4 heteroatoms. The molecule has 128 valence electrons. The third-order valence-electron chi connectivity index (χ3n) is 5.63. The third-order valence-corrected chi connectivity index (χ3v) is 5.63. The van der Waals surface area contributed by atoms with Crippen LogP contribution in [0.15, 0.2) is 18.2 Å². The average molecular weight is 326 g/mol. The van der Waals surface area contributed by atoms with Gasteiger partial charge in [0.25, 0.3) is 0 Å². The zero-order valence-electron chi connectivity index (χ0n) is 14.5. The monoisotopic (exact) mass is 326 g/mol. The van der Waals surface area contributed by atoms with Gasteiger partial charge >= 0.3 is 0 Å². The van der Waals surface area contributed by atoms with Crippen molar-refractivity contribution in [3.63, 3.8) is 0 Å². The Bertz CT molecular complexity index is 666. The van der Waals surface area contributed by atoms with Crippen molar-refractivity contribution in [2.45, 2.75) is 45.4 Å². The molecule has 0 unspecified atom stereocenters. The summed E-state index contributed by atoms with van der Waals surface area (Å²) in [7, 11) is 0. The predicted octanol–water partition coefficient (Wildman–Crippen LogP) is 2.92. The summed E-state index contributed by atoms with van der Waals surface area (Å²) in [5, 5.41) is 0. The first-order valence-electron chi connectivity index (χ1n) is 9.33. The molecule has 1 atom stereocenters. The van der Waals surface area contributed by atoms with Crippen molar-refractivity contribution in [2.24, 2.45) is 11.8 Å². The van der Waals surface area contributed by atoms with Crippen molar-refractivity contribution in [3.05, 3.63) is 29.3 Å². The van der Waals surface area contributed by atoms with Crippen LogP contribution in [-0.4, -0.2) is 36.3 Å². The first kappa shape index (κ1) is 15.7. The van der Waals surface area contributed by atoms with Gasteiger partial charge < -0.3 is 9.80 Å². The van der Waals surface area contributed by atoms with E-state index in [0.717, 1.165) is 57.3 Å². The molecule has 2 amide bonds. The van der Waals surface area contributed by atoms with Crippen molar-refractivity contribution in [1.29, 1.82) is 0 Å². The number of fused-ring (bicyclic) bond motifs is 1. The second-order valence-electron chi connectivity index (χ2n) is 7.62. The van der Waals surface area contributed by atoms with E-state index in [4.69, 9.17) is 0 Å². The van der Waals surface area contributed by atoms with Crippen LogP contribution in [0.3, 0.4) is 0 Å². The fourth-order valence-corrected chi connectivity index (χ4v) is 4.14. The van der Waals surface area contributed by atoms with E-state index in [2.05, 4.69) is 25.1 Å². The molecule has 3 aliphatic rings. The number of carbonyl (C=O) groups is 2. The topological polar surface area (TPSA) is 40.6 Å². The summed E-state index contributed by atoms with van der Waals surface area (Å²) in [5.41, 5.74) is 3.63. The van der Waals surface area contributed by atoms with E-state index >= 15 is 0 Å². The lowest BCUT2D eigenvalue weighted by Gasteiger charge is -2.37. The maximum Gasteiger partial charge on any atom is 0.231 e. The highest BCUT2D eigenvalue weighted by Crippen LogP contribution is 2.34. The highest BCUT2D eigenvalue weighted by Gasteiger charge is 2.38. The highest BCUT2D eigenvalue weighted by atomic mass is 16.2. The van der Waals surface area contributed by atoms with Crippen LogP contribution in [0.2, 0.25) is 0 Å². The molecule has 1 saturated heterocycles. The Balaban J connectivity index is 1.50. The van der Waals surface area contributed by atoms with Gasteiger partial charge in [0, 0.05) is 31.2 Å². The average Bonchev–Trinajstić information content (AvgIpc) is 3.45. The van der Waals surface area contributed by atoms with Crippen molar-refractivity contribution in [1.82, 2.24) is 4.90 Å². The number of hydrogen-bond acceptors (Lipinski definition) is 2. The predicted molar refractivity (Wildman–Crippen MR) is 93.9 cm³/mol. The minimum absolute atomic E-state index is 0.0336. The van der Waals surface area contributed by atoms with Gasteiger partial charge in [-0.05, 0) is 57.1 Å². The number of amides is 2. The number of aryl methyl sites for hydroxylation is 2. The molecular weight excluding hydrogens is 300 g/mol. The van der Waals surface area contributed by atoms with Gasteiger partial charge in [-0.1, -0.05) is 17.7 Å². The smallest absolute Gasteiger partial charge is 0.231 e. The molecule has 0 bridgehead atoms. The molecule has 4 nitrogen and oxygen atoms in total. The van der Waals surface area contributed by atoms with Gasteiger partial charge in [-0.2, -0.15) is 0 Å². The zero-order valence-corrected chi connectivity index (χ0v) is 14.5. The lowest BCUT2D eigenvalue weighted by molar-refractivity contribution is -0.136. The highest BCUT2D eigenvalue weighted by molar-refractivity contribution is 5.96. The zero-order chi connectivity index (χ0) is 16.7. The summed E-state index contributed by atoms with van der Waals surface area (Å²) in [6, 6.07) is 6.39. The third kappa shape index (κ3) is 2.94. The summed E-state index contributed by atoms with van der Waals surface area (Å²) in [4.78, 5) is 29.4. The van der Waals surface area contributed by atoms with Gasteiger partial charge in [0.2, 0.25) is 11.8 Å². The molecule has 1 saturated carbocycles. The summed E-state index contributed by atoms with van der Waals surface area (Å²) < 4.78 is 0. The number of nitrogens with zero attached hydrogens (tertiary/aromatic N) is 2. The second-order valence-corrected chi connectivity index (χ2v) is 7.62. The van der Waals surface area contributed by atoms with E-state index in [1.807, 2.05) is 9.80 Å². The molecule has 0 aromatic heterocycles. The molecule has 0 N–H and O–H groups in total. The molecule has 1 aromatic carbocycles. The summed E-state index contributed by atoms with van der Waals surface area (Å²) >= 11 is 0. The molecule has 1 aromatic rings. The fraction of sp³-hybridized carbons (Fsp3) is 0.600. The van der Waals surface area contributed by atoms with Crippen molar-refractivity contribution < 1.29 is 9.59 Å². The van der Waals surface area contributed by atoms with Crippen LogP contribution >= 0.6 is 0 Å². The Hall–Kier alpha value is -1.84. The number of likely N-dealkylation sites (tertiary alicyclic amines) is 1. The van der Waals surface area contributed by atoms with Crippen molar-refractivity contribution >= 4 is 17.5 Å². The van der Waals surface area contributed by atoms with Gasteiger partial charge in [0.15, 0.2) is 0 Å². The molecule has 2 aliphatic heterocycles. The number of anilines is 1. The van der Waals surface area contributed by atoms with E-state index < -0.39 is 0 Å². The van der Waals surface area contributed by atoms with Crippen LogP contribution in [0.4, 0.5) is 5.69 Å². The van der Waals surface area contributed by atoms with Crippen LogP contribution in [0.25, 0.3) is 0 Å². The van der Waals surface area contributed by atoms with Gasteiger partial charge in [-0.15, -0.1) is 0 Å². The molecule has 2 fully saturated rings. The molecule has 2 heterocycles. The SMILES string of the molecule is Cc1ccc2c(c1)CCCN2C(=O)[C@H]1CCCN(C(=O)C2CC2)C1. The molecule has 0 spiro atoms. The maximum atomic E-state index is 13.1. The van der Waals surface area contributed by atoms with E-state index in [1.165, 1.54) is 11.1 Å². The number of piperidine rings is 1. The van der Waals surface area contributed by atoms with Crippen LogP contribution in [-0.2, 0) is 16.0 Å². The number of benzene rings is 1. The van der Waals surface area contributed by atoms with Gasteiger partial charge in [-0.3, -0.25) is 9.59 Å². The lowest BCUT2D eigenvalue weighted by Crippen LogP contribution is -2.48. The Morgan fingerprint density at radius 2 is 1.83 bits per heavy atom. The molecular formula is C20H26N2O2. The normalized spacial score (nSPS) is 23.8. The minimum atomic E-state index is -0.0336. The van der Waals surface area contributed by atoms with Crippen molar-refractivity contribution in [3.8, 4) is 0 Å². The number of carbonyl (C=O) groups excluding carboxylic acids is 2. The minimum Gasteiger partial charge on any atom is -0.342 e. The van der Waals surface area contributed by atoms with E-state index in [9.17, 15) is 9.59 Å². The lowest BCUT2D eigenvalue weighted by atomic mass is 9.93.